The summed E-state index contributed by atoms with van der Waals surface area (Å²) in [5, 5.41) is 3.29. The molecule has 1 amide bonds. The molecule has 35 heavy (non-hydrogen) atoms. The number of carbonyl (C=O) groups excluding carboxylic acids is 1. The minimum absolute atomic E-state index is 0.0863. The van der Waals surface area contributed by atoms with Crippen LogP contribution in [0.15, 0.2) is 65.6 Å². The van der Waals surface area contributed by atoms with Crippen LogP contribution in [0.1, 0.15) is 29.7 Å². The molecule has 186 valence electrons. The first-order valence-corrected chi connectivity index (χ1v) is 12.8. The molecular formula is C26H29ClN2O5S. The SMILES string of the molecule is COc1ccc([C@@H](C)NC(=O)CN(c2cccc(Cl)c2C)S(=O)(=O)c2ccc(C)cc2)cc1OC. The summed E-state index contributed by atoms with van der Waals surface area (Å²) >= 11 is 6.28. The zero-order chi connectivity index (χ0) is 25.8. The van der Waals surface area contributed by atoms with Gasteiger partial charge >= 0.3 is 0 Å². The fourth-order valence-corrected chi connectivity index (χ4v) is 5.27. The fourth-order valence-electron chi connectivity index (χ4n) is 3.63. The minimum atomic E-state index is -4.05. The molecule has 0 aromatic heterocycles. The number of halogens is 1. The lowest BCUT2D eigenvalue weighted by atomic mass is 10.1. The quantitative estimate of drug-likeness (QED) is 0.430. The Morgan fingerprint density at radius 1 is 1.00 bits per heavy atom. The normalized spacial score (nSPS) is 12.1. The van der Waals surface area contributed by atoms with Crippen molar-refractivity contribution in [2.75, 3.05) is 25.1 Å². The smallest absolute Gasteiger partial charge is 0.264 e. The van der Waals surface area contributed by atoms with Crippen LogP contribution in [0.5, 0.6) is 11.5 Å². The van der Waals surface area contributed by atoms with Crippen molar-refractivity contribution in [3.63, 3.8) is 0 Å². The molecule has 0 saturated heterocycles. The Labute approximate surface area is 211 Å². The zero-order valence-electron chi connectivity index (χ0n) is 20.3. The highest BCUT2D eigenvalue weighted by Gasteiger charge is 2.29. The first kappa shape index (κ1) is 26.4. The van der Waals surface area contributed by atoms with Crippen LogP contribution in [-0.4, -0.2) is 35.1 Å². The van der Waals surface area contributed by atoms with Gasteiger partial charge in [0.25, 0.3) is 10.0 Å². The number of anilines is 1. The highest BCUT2D eigenvalue weighted by atomic mass is 35.5. The summed E-state index contributed by atoms with van der Waals surface area (Å²) in [7, 11) is -0.969. The van der Waals surface area contributed by atoms with E-state index in [-0.39, 0.29) is 4.90 Å². The van der Waals surface area contributed by atoms with E-state index in [1.165, 1.54) is 19.2 Å². The summed E-state index contributed by atoms with van der Waals surface area (Å²) in [6, 6.07) is 16.4. The molecule has 0 aliphatic carbocycles. The topological polar surface area (TPSA) is 84.9 Å². The molecule has 1 N–H and O–H groups in total. The molecule has 0 saturated carbocycles. The molecule has 7 nitrogen and oxygen atoms in total. The van der Waals surface area contributed by atoms with E-state index in [0.717, 1.165) is 15.4 Å². The molecule has 0 radical (unpaired) electrons. The number of benzene rings is 3. The lowest BCUT2D eigenvalue weighted by molar-refractivity contribution is -0.120. The number of hydrogen-bond donors (Lipinski definition) is 1. The first-order valence-electron chi connectivity index (χ1n) is 10.9. The van der Waals surface area contributed by atoms with Gasteiger partial charge in [0.2, 0.25) is 5.91 Å². The second kappa shape index (κ2) is 11.0. The van der Waals surface area contributed by atoms with Gasteiger partial charge in [-0.2, -0.15) is 0 Å². The van der Waals surface area contributed by atoms with E-state index in [1.807, 2.05) is 19.9 Å². The van der Waals surface area contributed by atoms with Gasteiger partial charge in [-0.25, -0.2) is 8.42 Å². The molecule has 0 aliphatic rings. The molecule has 0 fully saturated rings. The van der Waals surface area contributed by atoms with Gasteiger partial charge in [-0.3, -0.25) is 9.10 Å². The van der Waals surface area contributed by atoms with Gasteiger partial charge in [-0.1, -0.05) is 41.4 Å². The second-order valence-electron chi connectivity index (χ2n) is 8.11. The van der Waals surface area contributed by atoms with Crippen molar-refractivity contribution in [2.45, 2.75) is 31.7 Å². The highest BCUT2D eigenvalue weighted by molar-refractivity contribution is 7.92. The van der Waals surface area contributed by atoms with Crippen molar-refractivity contribution in [1.82, 2.24) is 5.32 Å². The van der Waals surface area contributed by atoms with Crippen LogP contribution in [0, 0.1) is 13.8 Å². The van der Waals surface area contributed by atoms with E-state index >= 15 is 0 Å². The van der Waals surface area contributed by atoms with E-state index in [1.54, 1.807) is 56.5 Å². The number of nitrogens with one attached hydrogen (secondary N) is 1. The Morgan fingerprint density at radius 3 is 2.29 bits per heavy atom. The maximum atomic E-state index is 13.6. The third-order valence-electron chi connectivity index (χ3n) is 5.69. The summed E-state index contributed by atoms with van der Waals surface area (Å²) in [6.45, 7) is 4.98. The van der Waals surface area contributed by atoms with Crippen LogP contribution in [-0.2, 0) is 14.8 Å². The highest BCUT2D eigenvalue weighted by Crippen LogP contribution is 2.32. The van der Waals surface area contributed by atoms with Crippen molar-refractivity contribution >= 4 is 33.2 Å². The number of aryl methyl sites for hydroxylation is 1. The summed E-state index contributed by atoms with van der Waals surface area (Å²) in [5.74, 6) is 0.633. The van der Waals surface area contributed by atoms with Crippen LogP contribution in [0.3, 0.4) is 0 Å². The van der Waals surface area contributed by atoms with Crippen molar-refractivity contribution in [2.24, 2.45) is 0 Å². The summed E-state index contributed by atoms with van der Waals surface area (Å²) in [4.78, 5) is 13.2. The third kappa shape index (κ3) is 5.89. The zero-order valence-corrected chi connectivity index (χ0v) is 21.9. The van der Waals surface area contributed by atoms with E-state index in [4.69, 9.17) is 21.1 Å². The van der Waals surface area contributed by atoms with Gasteiger partial charge in [0.15, 0.2) is 11.5 Å². The lowest BCUT2D eigenvalue weighted by Crippen LogP contribution is -2.42. The number of ether oxygens (including phenoxy) is 2. The molecule has 0 aliphatic heterocycles. The summed E-state index contributed by atoms with van der Waals surface area (Å²) in [5.41, 5.74) is 2.61. The van der Waals surface area contributed by atoms with E-state index < -0.39 is 28.5 Å². The number of methoxy groups -OCH3 is 2. The maximum Gasteiger partial charge on any atom is 0.264 e. The Kier molecular flexibility index (Phi) is 8.30. The van der Waals surface area contributed by atoms with Crippen molar-refractivity contribution < 1.29 is 22.7 Å². The van der Waals surface area contributed by atoms with Crippen LogP contribution < -0.4 is 19.1 Å². The van der Waals surface area contributed by atoms with Crippen LogP contribution in [0.2, 0.25) is 5.02 Å². The van der Waals surface area contributed by atoms with Gasteiger partial charge in [-0.05, 0) is 68.3 Å². The number of nitrogens with zero attached hydrogens (tertiary/aromatic N) is 1. The van der Waals surface area contributed by atoms with E-state index in [2.05, 4.69) is 5.32 Å². The second-order valence-corrected chi connectivity index (χ2v) is 10.4. The fraction of sp³-hybridized carbons (Fsp3) is 0.269. The summed E-state index contributed by atoms with van der Waals surface area (Å²) in [6.07, 6.45) is 0. The average Bonchev–Trinajstić information content (AvgIpc) is 2.84. The number of sulfonamides is 1. The maximum absolute atomic E-state index is 13.6. The Hall–Kier alpha value is -3.23. The number of hydrogen-bond acceptors (Lipinski definition) is 5. The molecule has 0 heterocycles. The summed E-state index contributed by atoms with van der Waals surface area (Å²) < 4.78 is 39.0. The first-order chi connectivity index (χ1) is 16.6. The molecule has 3 aromatic carbocycles. The number of rotatable bonds is 9. The van der Waals surface area contributed by atoms with Crippen LogP contribution in [0.25, 0.3) is 0 Å². The van der Waals surface area contributed by atoms with E-state index in [9.17, 15) is 13.2 Å². The van der Waals surface area contributed by atoms with Crippen molar-refractivity contribution in [3.05, 3.63) is 82.4 Å². The molecule has 9 heteroatoms. The van der Waals surface area contributed by atoms with Gasteiger partial charge in [0.05, 0.1) is 30.8 Å². The monoisotopic (exact) mass is 516 g/mol. The third-order valence-corrected chi connectivity index (χ3v) is 7.87. The number of carbonyl (C=O) groups is 1. The molecule has 0 unspecified atom stereocenters. The van der Waals surface area contributed by atoms with Gasteiger partial charge in [0.1, 0.15) is 6.54 Å². The van der Waals surface area contributed by atoms with E-state index in [0.29, 0.717) is 27.8 Å². The predicted molar refractivity (Wildman–Crippen MR) is 138 cm³/mol. The standard InChI is InChI=1S/C26H29ClN2O5S/c1-17-9-12-21(13-10-17)35(31,32)29(23-8-6-7-22(27)18(23)2)16-26(30)28-19(3)20-11-14-24(33-4)25(15-20)34-5/h6-15,19H,16H2,1-5H3,(H,28,30)/t19-/m1/s1. The molecular weight excluding hydrogens is 488 g/mol. The molecule has 0 spiro atoms. The Balaban J connectivity index is 1.92. The van der Waals surface area contributed by atoms with Crippen molar-refractivity contribution in [3.8, 4) is 11.5 Å². The lowest BCUT2D eigenvalue weighted by Gasteiger charge is -2.27. The Morgan fingerprint density at radius 2 is 1.66 bits per heavy atom. The molecule has 3 aromatic rings. The van der Waals surface area contributed by atoms with Gasteiger partial charge in [-0.15, -0.1) is 0 Å². The molecule has 0 bridgehead atoms. The minimum Gasteiger partial charge on any atom is -0.493 e. The van der Waals surface area contributed by atoms with Crippen LogP contribution >= 0.6 is 11.6 Å². The largest absolute Gasteiger partial charge is 0.493 e. The predicted octanol–water partition coefficient (Wildman–Crippen LogP) is 5.05. The Bertz CT molecular complexity index is 1310. The van der Waals surface area contributed by atoms with Crippen molar-refractivity contribution in [1.29, 1.82) is 0 Å². The molecule has 1 atom stereocenters. The van der Waals surface area contributed by atoms with Gasteiger partial charge in [0, 0.05) is 5.02 Å². The van der Waals surface area contributed by atoms with Crippen LogP contribution in [0.4, 0.5) is 5.69 Å². The van der Waals surface area contributed by atoms with Gasteiger partial charge < -0.3 is 14.8 Å². The number of amides is 1. The average molecular weight is 517 g/mol. The molecule has 3 rings (SSSR count).